The highest BCUT2D eigenvalue weighted by Gasteiger charge is 2.23. The Hall–Kier alpha value is -0.0800. The van der Waals surface area contributed by atoms with Crippen LogP contribution >= 0.6 is 0 Å². The van der Waals surface area contributed by atoms with Gasteiger partial charge in [-0.15, -0.1) is 0 Å². The van der Waals surface area contributed by atoms with Gasteiger partial charge in [0.05, 0.1) is 6.10 Å². The molecule has 0 spiro atoms. The Labute approximate surface area is 82.0 Å². The zero-order valence-electron chi connectivity index (χ0n) is 9.16. The second kappa shape index (κ2) is 7.34. The van der Waals surface area contributed by atoms with Gasteiger partial charge in [0.25, 0.3) is 0 Å². The molecule has 0 aliphatic rings. The maximum absolute atomic E-state index is 9.56. The van der Waals surface area contributed by atoms with Crippen LogP contribution in [0.25, 0.3) is 0 Å². The summed E-state index contributed by atoms with van der Waals surface area (Å²) in [5, 5.41) is 18.8. The van der Waals surface area contributed by atoms with E-state index < -0.39 is 0 Å². The summed E-state index contributed by atoms with van der Waals surface area (Å²) < 4.78 is 0. The Balaban J connectivity index is 4.11. The van der Waals surface area contributed by atoms with Gasteiger partial charge in [-0.2, -0.15) is 0 Å². The van der Waals surface area contributed by atoms with Gasteiger partial charge in [0.15, 0.2) is 0 Å². The number of aliphatic hydroxyl groups is 2. The topological polar surface area (TPSA) is 40.5 Å². The van der Waals surface area contributed by atoms with E-state index in [0.29, 0.717) is 0 Å². The second-order valence-electron chi connectivity index (χ2n) is 3.92. The molecule has 13 heavy (non-hydrogen) atoms. The molecule has 80 valence electrons. The van der Waals surface area contributed by atoms with E-state index in [1.165, 1.54) is 0 Å². The van der Waals surface area contributed by atoms with Crippen LogP contribution in [-0.4, -0.2) is 22.9 Å². The van der Waals surface area contributed by atoms with Crippen LogP contribution in [0.4, 0.5) is 0 Å². The van der Waals surface area contributed by atoms with Crippen molar-refractivity contribution in [3.63, 3.8) is 0 Å². The standard InChI is InChI=1S/C11H24O2/c1-4-6-10(8-12)11(7-5-2)9(3)13/h9-13H,4-8H2,1-3H3. The molecule has 0 amide bonds. The summed E-state index contributed by atoms with van der Waals surface area (Å²) >= 11 is 0. The predicted molar refractivity (Wildman–Crippen MR) is 55.6 cm³/mol. The number of aliphatic hydroxyl groups excluding tert-OH is 2. The smallest absolute Gasteiger partial charge is 0.0543 e. The molecule has 2 N–H and O–H groups in total. The SMILES string of the molecule is CCCC(CO)C(CCC)C(C)O. The first-order chi connectivity index (χ1) is 6.17. The Morgan fingerprint density at radius 2 is 1.62 bits per heavy atom. The van der Waals surface area contributed by atoms with Crippen molar-refractivity contribution >= 4 is 0 Å². The minimum atomic E-state index is -0.288. The van der Waals surface area contributed by atoms with Gasteiger partial charge in [-0.05, 0) is 31.6 Å². The van der Waals surface area contributed by atoms with Gasteiger partial charge in [-0.25, -0.2) is 0 Å². The first-order valence-corrected chi connectivity index (χ1v) is 5.46. The Bertz CT molecular complexity index is 113. The van der Waals surface area contributed by atoms with Gasteiger partial charge in [0.2, 0.25) is 0 Å². The Kier molecular flexibility index (Phi) is 7.29. The summed E-state index contributed by atoms with van der Waals surface area (Å²) in [7, 11) is 0. The van der Waals surface area contributed by atoms with Crippen LogP contribution in [0.5, 0.6) is 0 Å². The molecule has 2 nitrogen and oxygen atoms in total. The van der Waals surface area contributed by atoms with Crippen LogP contribution in [0, 0.1) is 11.8 Å². The normalized spacial score (nSPS) is 18.2. The quantitative estimate of drug-likeness (QED) is 0.643. The third-order valence-corrected chi connectivity index (χ3v) is 2.74. The molecule has 0 rings (SSSR count). The Morgan fingerprint density at radius 1 is 1.08 bits per heavy atom. The third kappa shape index (κ3) is 4.63. The summed E-state index contributed by atoms with van der Waals surface area (Å²) in [6.07, 6.45) is 3.91. The lowest BCUT2D eigenvalue weighted by Gasteiger charge is -2.27. The van der Waals surface area contributed by atoms with Crippen molar-refractivity contribution in [2.45, 2.75) is 52.6 Å². The van der Waals surface area contributed by atoms with E-state index in [0.717, 1.165) is 25.7 Å². The second-order valence-corrected chi connectivity index (χ2v) is 3.92. The van der Waals surface area contributed by atoms with E-state index >= 15 is 0 Å². The van der Waals surface area contributed by atoms with E-state index in [1.807, 2.05) is 6.92 Å². The van der Waals surface area contributed by atoms with Gasteiger partial charge in [-0.3, -0.25) is 0 Å². The molecule has 0 radical (unpaired) electrons. The largest absolute Gasteiger partial charge is 0.396 e. The third-order valence-electron chi connectivity index (χ3n) is 2.74. The molecular formula is C11H24O2. The molecule has 0 aliphatic heterocycles. The van der Waals surface area contributed by atoms with Crippen molar-refractivity contribution in [2.24, 2.45) is 11.8 Å². The molecule has 0 fully saturated rings. The van der Waals surface area contributed by atoms with Gasteiger partial charge in [0, 0.05) is 6.61 Å². The minimum Gasteiger partial charge on any atom is -0.396 e. The molecule has 3 unspecified atom stereocenters. The highest BCUT2D eigenvalue weighted by atomic mass is 16.3. The molecule has 0 aromatic heterocycles. The average Bonchev–Trinajstić information content (AvgIpc) is 2.10. The first-order valence-electron chi connectivity index (χ1n) is 5.46. The van der Waals surface area contributed by atoms with Crippen molar-refractivity contribution in [2.75, 3.05) is 6.61 Å². The molecule has 0 aliphatic carbocycles. The van der Waals surface area contributed by atoms with Gasteiger partial charge < -0.3 is 10.2 Å². The Morgan fingerprint density at radius 3 is 1.92 bits per heavy atom. The molecule has 0 aromatic rings. The first kappa shape index (κ1) is 12.9. The fraction of sp³-hybridized carbons (Fsp3) is 1.00. The predicted octanol–water partition coefficient (Wildman–Crippen LogP) is 2.19. The molecule has 0 heterocycles. The summed E-state index contributed by atoms with van der Waals surface area (Å²) in [5.41, 5.74) is 0. The highest BCUT2D eigenvalue weighted by Crippen LogP contribution is 2.25. The molecule has 2 heteroatoms. The zero-order chi connectivity index (χ0) is 10.3. The van der Waals surface area contributed by atoms with Gasteiger partial charge in [-0.1, -0.05) is 26.7 Å². The maximum Gasteiger partial charge on any atom is 0.0543 e. The van der Waals surface area contributed by atoms with E-state index in [-0.39, 0.29) is 24.5 Å². The molecule has 0 saturated heterocycles. The van der Waals surface area contributed by atoms with Crippen molar-refractivity contribution in [3.8, 4) is 0 Å². The molecule has 0 saturated carbocycles. The average molecular weight is 188 g/mol. The molecule has 0 aromatic carbocycles. The van der Waals surface area contributed by atoms with Gasteiger partial charge >= 0.3 is 0 Å². The lowest BCUT2D eigenvalue weighted by atomic mass is 9.82. The fourth-order valence-electron chi connectivity index (χ4n) is 2.02. The molecule has 0 bridgehead atoms. The minimum absolute atomic E-state index is 0.212. The van der Waals surface area contributed by atoms with Crippen molar-refractivity contribution in [1.82, 2.24) is 0 Å². The maximum atomic E-state index is 9.56. The number of hydrogen-bond donors (Lipinski definition) is 2. The van der Waals surface area contributed by atoms with E-state index in [1.54, 1.807) is 0 Å². The molecular weight excluding hydrogens is 164 g/mol. The van der Waals surface area contributed by atoms with E-state index in [4.69, 9.17) is 0 Å². The summed E-state index contributed by atoms with van der Waals surface area (Å²) in [6, 6.07) is 0. The van der Waals surface area contributed by atoms with E-state index in [9.17, 15) is 10.2 Å². The lowest BCUT2D eigenvalue weighted by molar-refractivity contribution is 0.0503. The number of hydrogen-bond acceptors (Lipinski definition) is 2. The fourth-order valence-corrected chi connectivity index (χ4v) is 2.02. The monoisotopic (exact) mass is 188 g/mol. The molecule has 3 atom stereocenters. The summed E-state index contributed by atoms with van der Waals surface area (Å²) in [6.45, 7) is 6.28. The van der Waals surface area contributed by atoms with Crippen LogP contribution in [-0.2, 0) is 0 Å². The van der Waals surface area contributed by atoms with Crippen molar-refractivity contribution in [3.05, 3.63) is 0 Å². The van der Waals surface area contributed by atoms with Crippen LogP contribution in [0.15, 0.2) is 0 Å². The van der Waals surface area contributed by atoms with Crippen LogP contribution < -0.4 is 0 Å². The highest BCUT2D eigenvalue weighted by molar-refractivity contribution is 4.73. The zero-order valence-corrected chi connectivity index (χ0v) is 9.16. The van der Waals surface area contributed by atoms with Crippen LogP contribution in [0.2, 0.25) is 0 Å². The number of rotatable bonds is 7. The summed E-state index contributed by atoms with van der Waals surface area (Å²) in [4.78, 5) is 0. The lowest BCUT2D eigenvalue weighted by Crippen LogP contribution is -2.28. The summed E-state index contributed by atoms with van der Waals surface area (Å²) in [5.74, 6) is 0.555. The van der Waals surface area contributed by atoms with E-state index in [2.05, 4.69) is 13.8 Å². The van der Waals surface area contributed by atoms with Gasteiger partial charge in [0.1, 0.15) is 0 Å². The van der Waals surface area contributed by atoms with Crippen LogP contribution in [0.1, 0.15) is 46.5 Å². The van der Waals surface area contributed by atoms with Crippen molar-refractivity contribution < 1.29 is 10.2 Å². The van der Waals surface area contributed by atoms with Crippen LogP contribution in [0.3, 0.4) is 0 Å². The van der Waals surface area contributed by atoms with Crippen molar-refractivity contribution in [1.29, 1.82) is 0 Å².